The highest BCUT2D eigenvalue weighted by atomic mass is 35.5. The van der Waals surface area contributed by atoms with Gasteiger partial charge in [-0.15, -0.1) is 5.10 Å². The van der Waals surface area contributed by atoms with Crippen molar-refractivity contribution in [2.45, 2.75) is 6.92 Å². The van der Waals surface area contributed by atoms with Crippen molar-refractivity contribution in [3.8, 4) is 17.0 Å². The molecule has 0 saturated heterocycles. The average molecular weight is 308 g/mol. The topological polar surface area (TPSA) is 77.1 Å². The maximum absolute atomic E-state index is 11.9. The summed E-state index contributed by atoms with van der Waals surface area (Å²) in [6, 6.07) is 5.04. The van der Waals surface area contributed by atoms with Crippen LogP contribution in [0.3, 0.4) is 0 Å². The number of hydrogen-bond donors (Lipinski definition) is 1. The van der Waals surface area contributed by atoms with E-state index in [-0.39, 0.29) is 12.3 Å². The Morgan fingerprint density at radius 3 is 3.00 bits per heavy atom. The van der Waals surface area contributed by atoms with Gasteiger partial charge in [0.25, 0.3) is 0 Å². The Morgan fingerprint density at radius 1 is 1.48 bits per heavy atom. The molecule has 2 aromatic rings. The fourth-order valence-electron chi connectivity index (χ4n) is 1.72. The summed E-state index contributed by atoms with van der Waals surface area (Å²) in [5, 5.41) is 10.7. The first kappa shape index (κ1) is 15.1. The molecule has 110 valence electrons. The largest absolute Gasteiger partial charge is 0.489 e. The number of ether oxygens (including phenoxy) is 2. The first-order valence-corrected chi connectivity index (χ1v) is 6.66. The van der Waals surface area contributed by atoms with Gasteiger partial charge in [0, 0.05) is 10.6 Å². The zero-order chi connectivity index (χ0) is 15.2. The molecule has 1 aromatic carbocycles. The fraction of sp³-hybridized carbons (Fsp3) is 0.214. The fourth-order valence-corrected chi connectivity index (χ4v) is 1.89. The van der Waals surface area contributed by atoms with Crippen LogP contribution in [0.4, 0.5) is 0 Å². The molecule has 1 N–H and O–H groups in total. The van der Waals surface area contributed by atoms with Crippen molar-refractivity contribution in [1.82, 2.24) is 15.4 Å². The Balaban J connectivity index is 2.46. The molecule has 0 unspecified atom stereocenters. The Morgan fingerprint density at radius 2 is 2.29 bits per heavy atom. The van der Waals surface area contributed by atoms with E-state index in [2.05, 4.69) is 22.0 Å². The van der Waals surface area contributed by atoms with Gasteiger partial charge in [0.1, 0.15) is 18.1 Å². The van der Waals surface area contributed by atoms with Crippen molar-refractivity contribution in [2.75, 3.05) is 13.2 Å². The maximum Gasteiger partial charge on any atom is 0.361 e. The predicted molar refractivity (Wildman–Crippen MR) is 78.5 cm³/mol. The lowest BCUT2D eigenvalue weighted by atomic mass is 10.1. The highest BCUT2D eigenvalue weighted by molar-refractivity contribution is 6.31. The quantitative estimate of drug-likeness (QED) is 0.656. The zero-order valence-electron chi connectivity index (χ0n) is 11.4. The Kier molecular flexibility index (Phi) is 4.94. The third-order valence-electron chi connectivity index (χ3n) is 2.57. The minimum Gasteiger partial charge on any atom is -0.489 e. The monoisotopic (exact) mass is 307 g/mol. The van der Waals surface area contributed by atoms with E-state index in [1.165, 1.54) is 0 Å². The Hall–Kier alpha value is -2.34. The molecule has 7 heteroatoms. The van der Waals surface area contributed by atoms with Gasteiger partial charge in [0.15, 0.2) is 5.69 Å². The van der Waals surface area contributed by atoms with E-state index in [4.69, 9.17) is 21.1 Å². The third-order valence-corrected chi connectivity index (χ3v) is 2.81. The van der Waals surface area contributed by atoms with Crippen LogP contribution in [0, 0.1) is 0 Å². The van der Waals surface area contributed by atoms with Crippen molar-refractivity contribution in [3.05, 3.63) is 41.6 Å². The Bertz CT molecular complexity index is 655. The number of aromatic nitrogens is 3. The molecule has 0 atom stereocenters. The molecule has 0 radical (unpaired) electrons. The SMILES string of the molecule is C=CCOc1ccc(Cl)cc1-c1n[nH]nc1C(=O)OCC. The molecule has 0 aliphatic rings. The zero-order valence-corrected chi connectivity index (χ0v) is 12.2. The molecule has 0 aliphatic heterocycles. The van der Waals surface area contributed by atoms with E-state index in [9.17, 15) is 4.79 Å². The lowest BCUT2D eigenvalue weighted by Crippen LogP contribution is -2.07. The van der Waals surface area contributed by atoms with E-state index in [0.717, 1.165) is 0 Å². The Labute approximate surface area is 126 Å². The summed E-state index contributed by atoms with van der Waals surface area (Å²) in [7, 11) is 0. The van der Waals surface area contributed by atoms with Crippen molar-refractivity contribution in [2.24, 2.45) is 0 Å². The second kappa shape index (κ2) is 6.90. The number of hydrogen-bond acceptors (Lipinski definition) is 5. The molecule has 6 nitrogen and oxygen atoms in total. The molecule has 0 saturated carbocycles. The molecule has 21 heavy (non-hydrogen) atoms. The number of nitrogens with zero attached hydrogens (tertiary/aromatic N) is 2. The average Bonchev–Trinajstić information content (AvgIpc) is 2.95. The third kappa shape index (κ3) is 3.41. The lowest BCUT2D eigenvalue weighted by molar-refractivity contribution is 0.0520. The molecule has 1 heterocycles. The molecular formula is C14H14ClN3O3. The van der Waals surface area contributed by atoms with Crippen LogP contribution in [0.15, 0.2) is 30.9 Å². The maximum atomic E-state index is 11.9. The van der Waals surface area contributed by atoms with Crippen molar-refractivity contribution in [1.29, 1.82) is 0 Å². The van der Waals surface area contributed by atoms with E-state index in [1.54, 1.807) is 31.2 Å². The summed E-state index contributed by atoms with van der Waals surface area (Å²) in [4.78, 5) is 11.9. The number of carbonyl (C=O) groups is 1. The smallest absolute Gasteiger partial charge is 0.361 e. The molecule has 0 spiro atoms. The van der Waals surface area contributed by atoms with Crippen LogP contribution in [-0.4, -0.2) is 34.6 Å². The van der Waals surface area contributed by atoms with Crippen LogP contribution >= 0.6 is 11.6 Å². The van der Waals surface area contributed by atoms with Crippen LogP contribution in [0.1, 0.15) is 17.4 Å². The van der Waals surface area contributed by atoms with Crippen LogP contribution < -0.4 is 4.74 Å². The minimum atomic E-state index is -0.559. The minimum absolute atomic E-state index is 0.0857. The summed E-state index contributed by atoms with van der Waals surface area (Å²) < 4.78 is 10.5. The van der Waals surface area contributed by atoms with Gasteiger partial charge in [-0.2, -0.15) is 10.3 Å². The van der Waals surface area contributed by atoms with Gasteiger partial charge >= 0.3 is 5.97 Å². The summed E-state index contributed by atoms with van der Waals surface area (Å²) in [6.07, 6.45) is 1.62. The molecule has 0 aliphatic carbocycles. The highest BCUT2D eigenvalue weighted by Gasteiger charge is 2.22. The molecule has 0 amide bonds. The molecule has 1 aromatic heterocycles. The van der Waals surface area contributed by atoms with E-state index >= 15 is 0 Å². The number of H-pyrrole nitrogens is 1. The van der Waals surface area contributed by atoms with Gasteiger partial charge in [-0.25, -0.2) is 4.79 Å². The van der Waals surface area contributed by atoms with Crippen LogP contribution in [-0.2, 0) is 4.74 Å². The summed E-state index contributed by atoms with van der Waals surface area (Å²) in [5.41, 5.74) is 0.971. The van der Waals surface area contributed by atoms with E-state index in [1.807, 2.05) is 0 Å². The van der Waals surface area contributed by atoms with Gasteiger partial charge in [-0.3, -0.25) is 0 Å². The van der Waals surface area contributed by atoms with Crippen LogP contribution in [0.25, 0.3) is 11.3 Å². The van der Waals surface area contributed by atoms with Gasteiger partial charge in [-0.1, -0.05) is 24.3 Å². The standard InChI is InChI=1S/C14H14ClN3O3/c1-3-7-21-11-6-5-9(15)8-10(11)12-13(17-18-16-12)14(19)20-4-2/h3,5-6,8H,1,4,7H2,2H3,(H,16,17,18). The number of benzene rings is 1. The van der Waals surface area contributed by atoms with Crippen molar-refractivity contribution < 1.29 is 14.3 Å². The number of rotatable bonds is 6. The van der Waals surface area contributed by atoms with E-state index < -0.39 is 5.97 Å². The molecule has 0 bridgehead atoms. The normalized spacial score (nSPS) is 10.2. The summed E-state index contributed by atoms with van der Waals surface area (Å²) in [5.74, 6) is -0.0327. The number of aromatic amines is 1. The second-order valence-electron chi connectivity index (χ2n) is 3.98. The second-order valence-corrected chi connectivity index (χ2v) is 4.42. The van der Waals surface area contributed by atoms with Crippen LogP contribution in [0.5, 0.6) is 5.75 Å². The van der Waals surface area contributed by atoms with Gasteiger partial charge in [-0.05, 0) is 25.1 Å². The summed E-state index contributed by atoms with van der Waals surface area (Å²) >= 11 is 6.01. The first-order chi connectivity index (χ1) is 10.2. The van der Waals surface area contributed by atoms with Gasteiger partial charge in [0.05, 0.1) is 6.61 Å². The molecule has 0 fully saturated rings. The van der Waals surface area contributed by atoms with E-state index in [0.29, 0.717) is 28.6 Å². The lowest BCUT2D eigenvalue weighted by Gasteiger charge is -2.09. The van der Waals surface area contributed by atoms with Gasteiger partial charge in [0.2, 0.25) is 0 Å². The van der Waals surface area contributed by atoms with Crippen LogP contribution in [0.2, 0.25) is 5.02 Å². The number of carbonyl (C=O) groups excluding carboxylic acids is 1. The highest BCUT2D eigenvalue weighted by Crippen LogP contribution is 2.33. The summed E-state index contributed by atoms with van der Waals surface area (Å²) in [6.45, 7) is 5.89. The van der Waals surface area contributed by atoms with Crippen molar-refractivity contribution >= 4 is 17.6 Å². The van der Waals surface area contributed by atoms with Gasteiger partial charge < -0.3 is 9.47 Å². The van der Waals surface area contributed by atoms with Crippen molar-refractivity contribution in [3.63, 3.8) is 0 Å². The molecular weight excluding hydrogens is 294 g/mol. The predicted octanol–water partition coefficient (Wildman–Crippen LogP) is 2.87. The first-order valence-electron chi connectivity index (χ1n) is 6.28. The number of halogens is 1. The number of nitrogens with one attached hydrogen (secondary N) is 1. The molecule has 2 rings (SSSR count). The number of esters is 1.